The third-order valence-corrected chi connectivity index (χ3v) is 3.98. The molecule has 0 aliphatic heterocycles. The molecule has 0 unspecified atom stereocenters. The van der Waals surface area contributed by atoms with E-state index in [1.54, 1.807) is 0 Å². The molecule has 0 saturated carbocycles. The van der Waals surface area contributed by atoms with Crippen LogP contribution < -0.4 is 11.3 Å². The molecule has 0 bridgehead atoms. The summed E-state index contributed by atoms with van der Waals surface area (Å²) >= 11 is 3.53. The molecule has 3 N–H and O–H groups in total. The second-order valence-electron chi connectivity index (χ2n) is 5.52. The second-order valence-corrected chi connectivity index (χ2v) is 6.38. The first-order chi connectivity index (χ1) is 8.34. The van der Waals surface area contributed by atoms with Crippen LogP contribution in [0.3, 0.4) is 0 Å². The van der Waals surface area contributed by atoms with Crippen LogP contribution in [0.1, 0.15) is 31.9 Å². The van der Waals surface area contributed by atoms with Gasteiger partial charge in [0.1, 0.15) is 5.82 Å². The Kier molecular flexibility index (Phi) is 3.34. The minimum Gasteiger partial charge on any atom is -0.308 e. The van der Waals surface area contributed by atoms with Crippen molar-refractivity contribution in [3.8, 4) is 0 Å². The standard InChI is InChI=1S/C14H18BrN3/c1-8-11(15)6-5-9-7-10(14(2,3)4)13(18-16)17-12(8)9/h5-7H,16H2,1-4H3,(H,17,18). The molecule has 0 amide bonds. The van der Waals surface area contributed by atoms with Gasteiger partial charge >= 0.3 is 0 Å². The van der Waals surface area contributed by atoms with E-state index >= 15 is 0 Å². The summed E-state index contributed by atoms with van der Waals surface area (Å²) in [5.41, 5.74) is 5.95. The van der Waals surface area contributed by atoms with Crippen LogP contribution in [0.5, 0.6) is 0 Å². The number of nitrogen functional groups attached to an aromatic ring is 1. The van der Waals surface area contributed by atoms with Crippen molar-refractivity contribution in [2.45, 2.75) is 33.1 Å². The fraction of sp³-hybridized carbons (Fsp3) is 0.357. The van der Waals surface area contributed by atoms with Crippen LogP contribution in [0.15, 0.2) is 22.7 Å². The molecule has 1 heterocycles. The Morgan fingerprint density at radius 1 is 1.28 bits per heavy atom. The molecule has 0 fully saturated rings. The molecule has 0 saturated heterocycles. The van der Waals surface area contributed by atoms with Crippen molar-refractivity contribution >= 4 is 32.7 Å². The highest BCUT2D eigenvalue weighted by Gasteiger charge is 2.20. The topological polar surface area (TPSA) is 50.9 Å². The first-order valence-corrected chi connectivity index (χ1v) is 6.71. The van der Waals surface area contributed by atoms with Gasteiger partial charge in [-0.1, -0.05) is 42.8 Å². The lowest BCUT2D eigenvalue weighted by Gasteiger charge is -2.22. The predicted molar refractivity (Wildman–Crippen MR) is 80.7 cm³/mol. The Morgan fingerprint density at radius 3 is 2.50 bits per heavy atom. The second kappa shape index (κ2) is 4.52. The molecule has 0 radical (unpaired) electrons. The van der Waals surface area contributed by atoms with Gasteiger partial charge in [0.05, 0.1) is 5.52 Å². The quantitative estimate of drug-likeness (QED) is 0.621. The molecular formula is C14H18BrN3. The first kappa shape index (κ1) is 13.3. The summed E-state index contributed by atoms with van der Waals surface area (Å²) in [6.07, 6.45) is 0. The van der Waals surface area contributed by atoms with Gasteiger partial charge in [0.25, 0.3) is 0 Å². The van der Waals surface area contributed by atoms with Crippen molar-refractivity contribution in [1.29, 1.82) is 0 Å². The molecule has 0 aliphatic rings. The van der Waals surface area contributed by atoms with Gasteiger partial charge in [0.15, 0.2) is 0 Å². The Labute approximate surface area is 116 Å². The summed E-state index contributed by atoms with van der Waals surface area (Å²) in [5, 5.41) is 1.14. The molecule has 0 aliphatic carbocycles. The number of anilines is 1. The summed E-state index contributed by atoms with van der Waals surface area (Å²) in [4.78, 5) is 4.65. The van der Waals surface area contributed by atoms with E-state index in [4.69, 9.17) is 5.84 Å². The number of hydrogen-bond acceptors (Lipinski definition) is 3. The van der Waals surface area contributed by atoms with Crippen molar-refractivity contribution in [3.63, 3.8) is 0 Å². The Morgan fingerprint density at radius 2 is 1.94 bits per heavy atom. The van der Waals surface area contributed by atoms with Crippen LogP contribution in [-0.4, -0.2) is 4.98 Å². The van der Waals surface area contributed by atoms with Crippen molar-refractivity contribution in [3.05, 3.63) is 33.8 Å². The molecule has 0 atom stereocenters. The molecule has 96 valence electrons. The van der Waals surface area contributed by atoms with E-state index in [0.29, 0.717) is 0 Å². The van der Waals surface area contributed by atoms with Crippen LogP contribution in [0.4, 0.5) is 5.82 Å². The van der Waals surface area contributed by atoms with Crippen molar-refractivity contribution in [2.24, 2.45) is 5.84 Å². The maximum Gasteiger partial charge on any atom is 0.144 e. The normalized spacial score (nSPS) is 11.9. The Bertz CT molecular complexity index is 600. The average molecular weight is 308 g/mol. The number of benzene rings is 1. The van der Waals surface area contributed by atoms with Crippen LogP contribution >= 0.6 is 15.9 Å². The maximum atomic E-state index is 5.60. The molecule has 2 aromatic rings. The number of rotatable bonds is 1. The van der Waals surface area contributed by atoms with E-state index in [0.717, 1.165) is 32.3 Å². The highest BCUT2D eigenvalue weighted by Crippen LogP contribution is 2.33. The molecule has 18 heavy (non-hydrogen) atoms. The third-order valence-electron chi connectivity index (χ3n) is 3.12. The summed E-state index contributed by atoms with van der Waals surface area (Å²) < 4.78 is 1.06. The van der Waals surface area contributed by atoms with Gasteiger partial charge in [-0.05, 0) is 30.0 Å². The summed E-state index contributed by atoms with van der Waals surface area (Å²) in [7, 11) is 0. The molecular weight excluding hydrogens is 290 g/mol. The molecule has 1 aromatic carbocycles. The zero-order chi connectivity index (χ0) is 13.5. The molecule has 2 rings (SSSR count). The number of aryl methyl sites for hydroxylation is 1. The highest BCUT2D eigenvalue weighted by atomic mass is 79.9. The lowest BCUT2D eigenvalue weighted by Crippen LogP contribution is -2.19. The van der Waals surface area contributed by atoms with Crippen LogP contribution in [0.2, 0.25) is 0 Å². The van der Waals surface area contributed by atoms with Gasteiger partial charge in [0, 0.05) is 15.4 Å². The molecule has 0 spiro atoms. The Hall–Kier alpha value is -1.13. The fourth-order valence-electron chi connectivity index (χ4n) is 2.04. The average Bonchev–Trinajstić information content (AvgIpc) is 2.31. The zero-order valence-electron chi connectivity index (χ0n) is 11.1. The van der Waals surface area contributed by atoms with Gasteiger partial charge in [-0.2, -0.15) is 0 Å². The van der Waals surface area contributed by atoms with E-state index in [1.807, 2.05) is 0 Å². The van der Waals surface area contributed by atoms with Crippen molar-refractivity contribution in [1.82, 2.24) is 4.98 Å². The van der Waals surface area contributed by atoms with Gasteiger partial charge in [-0.3, -0.25) is 0 Å². The zero-order valence-corrected chi connectivity index (χ0v) is 12.7. The lowest BCUT2D eigenvalue weighted by molar-refractivity contribution is 0.590. The number of nitrogens with zero attached hydrogens (tertiary/aromatic N) is 1. The number of pyridine rings is 1. The van der Waals surface area contributed by atoms with Gasteiger partial charge in [-0.25, -0.2) is 10.8 Å². The van der Waals surface area contributed by atoms with Gasteiger partial charge in [-0.15, -0.1) is 0 Å². The minimum absolute atomic E-state index is 0.00384. The number of nitrogens with two attached hydrogens (primary N) is 1. The van der Waals surface area contributed by atoms with Crippen molar-refractivity contribution < 1.29 is 0 Å². The molecule has 3 nitrogen and oxygen atoms in total. The summed E-state index contributed by atoms with van der Waals surface area (Å²) in [5.74, 6) is 6.35. The first-order valence-electron chi connectivity index (χ1n) is 5.91. The number of nitrogens with one attached hydrogen (secondary N) is 1. The van der Waals surface area contributed by atoms with Gasteiger partial charge < -0.3 is 5.43 Å². The fourth-order valence-corrected chi connectivity index (χ4v) is 2.36. The van der Waals surface area contributed by atoms with Crippen LogP contribution in [0, 0.1) is 6.92 Å². The minimum atomic E-state index is 0.00384. The lowest BCUT2D eigenvalue weighted by atomic mass is 9.86. The predicted octanol–water partition coefficient (Wildman–Crippen LogP) is 3.89. The Balaban J connectivity index is 2.81. The van der Waals surface area contributed by atoms with Crippen LogP contribution in [0.25, 0.3) is 10.9 Å². The number of halogens is 1. The number of fused-ring (bicyclic) bond motifs is 1. The van der Waals surface area contributed by atoms with E-state index < -0.39 is 0 Å². The SMILES string of the molecule is Cc1c(Br)ccc2cc(C(C)(C)C)c(NN)nc12. The van der Waals surface area contributed by atoms with E-state index in [-0.39, 0.29) is 5.41 Å². The largest absolute Gasteiger partial charge is 0.308 e. The van der Waals surface area contributed by atoms with E-state index in [9.17, 15) is 0 Å². The monoisotopic (exact) mass is 307 g/mol. The summed E-state index contributed by atoms with van der Waals surface area (Å²) in [6.45, 7) is 8.52. The third kappa shape index (κ3) is 2.22. The number of hydrogen-bond donors (Lipinski definition) is 2. The molecule has 4 heteroatoms. The number of hydrazine groups is 1. The molecule has 1 aromatic heterocycles. The van der Waals surface area contributed by atoms with E-state index in [1.165, 1.54) is 0 Å². The maximum absolute atomic E-state index is 5.60. The van der Waals surface area contributed by atoms with Gasteiger partial charge in [0.2, 0.25) is 0 Å². The summed E-state index contributed by atoms with van der Waals surface area (Å²) in [6, 6.07) is 6.30. The number of aromatic nitrogens is 1. The highest BCUT2D eigenvalue weighted by molar-refractivity contribution is 9.10. The smallest absolute Gasteiger partial charge is 0.144 e. The van der Waals surface area contributed by atoms with E-state index in [2.05, 4.69) is 72.2 Å². The van der Waals surface area contributed by atoms with Crippen molar-refractivity contribution in [2.75, 3.05) is 5.43 Å². The van der Waals surface area contributed by atoms with Crippen LogP contribution in [-0.2, 0) is 5.41 Å².